The summed E-state index contributed by atoms with van der Waals surface area (Å²) in [5.74, 6) is -4.43. The predicted molar refractivity (Wildman–Crippen MR) is 91.6 cm³/mol. The highest BCUT2D eigenvalue weighted by atomic mass is 35.5. The Hall–Kier alpha value is -2.58. The fraction of sp³-hybridized carbons (Fsp3) is 0.118. The highest BCUT2D eigenvalue weighted by molar-refractivity contribution is 7.86. The molecule has 0 unspecified atom stereocenters. The molecule has 0 spiro atoms. The van der Waals surface area contributed by atoms with Gasteiger partial charge in [0.25, 0.3) is 0 Å². The molecule has 9 heteroatoms. The minimum absolute atomic E-state index is 0.250. The number of Topliss-reactive ketones (excluding diaryl/α,β-unsaturated/α-hetero) is 1. The lowest BCUT2D eigenvalue weighted by atomic mass is 10.1. The van der Waals surface area contributed by atoms with E-state index in [1.165, 1.54) is 12.1 Å². The Morgan fingerprint density at radius 3 is 2.58 bits per heavy atom. The molecule has 2 N–H and O–H groups in total. The number of carbonyl (C=O) groups is 1. The molecule has 0 bridgehead atoms. The Labute approximate surface area is 155 Å². The van der Waals surface area contributed by atoms with Crippen molar-refractivity contribution in [3.05, 3.63) is 82.1 Å². The first kappa shape index (κ1) is 16.9. The summed E-state index contributed by atoms with van der Waals surface area (Å²) in [7, 11) is -4.29. The largest absolute Gasteiger partial charge is 0.460 e. The molecule has 0 saturated carbocycles. The summed E-state index contributed by atoms with van der Waals surface area (Å²) >= 11 is 5.89. The summed E-state index contributed by atoms with van der Waals surface area (Å²) in [5.41, 5.74) is 5.37. The SMILES string of the molecule is [2H][C@]1(c2c(F)cccc2Cl)OC(N)=C(OS(=O)(=O)Cc2ccccc2)C1=O. The lowest BCUT2D eigenvalue weighted by molar-refractivity contribution is -0.123. The second-order valence-electron chi connectivity index (χ2n) is 5.32. The van der Waals surface area contributed by atoms with Crippen molar-refractivity contribution < 1.29 is 27.9 Å². The van der Waals surface area contributed by atoms with Crippen LogP contribution in [-0.2, 0) is 29.6 Å². The number of nitrogens with two attached hydrogens (primary N) is 1. The first-order valence-corrected chi connectivity index (χ1v) is 9.24. The summed E-state index contributed by atoms with van der Waals surface area (Å²) in [6.07, 6.45) is -2.69. The number of hydrogen-bond acceptors (Lipinski definition) is 6. The molecule has 1 aliphatic rings. The first-order valence-electron chi connectivity index (χ1n) is 7.78. The molecule has 0 radical (unpaired) electrons. The number of hydrogen-bond donors (Lipinski definition) is 1. The van der Waals surface area contributed by atoms with Gasteiger partial charge in [-0.2, -0.15) is 8.42 Å². The lowest BCUT2D eigenvalue weighted by Crippen LogP contribution is -2.17. The maximum Gasteiger partial charge on any atom is 0.313 e. The summed E-state index contributed by atoms with van der Waals surface area (Å²) < 4.78 is 56.6. The van der Waals surface area contributed by atoms with Crippen LogP contribution >= 0.6 is 11.6 Å². The van der Waals surface area contributed by atoms with Crippen molar-refractivity contribution >= 4 is 27.5 Å². The van der Waals surface area contributed by atoms with Crippen LogP contribution in [0.25, 0.3) is 0 Å². The van der Waals surface area contributed by atoms with Gasteiger partial charge in [-0.1, -0.05) is 48.0 Å². The molecule has 0 aliphatic carbocycles. The van der Waals surface area contributed by atoms with Crippen LogP contribution in [0.5, 0.6) is 0 Å². The number of carbonyl (C=O) groups excluding carboxylic acids is 1. The van der Waals surface area contributed by atoms with E-state index in [9.17, 15) is 17.6 Å². The zero-order valence-corrected chi connectivity index (χ0v) is 14.7. The molecule has 0 aromatic heterocycles. The van der Waals surface area contributed by atoms with E-state index in [1.54, 1.807) is 30.3 Å². The van der Waals surface area contributed by atoms with Crippen LogP contribution in [0.1, 0.15) is 18.6 Å². The van der Waals surface area contributed by atoms with Gasteiger partial charge >= 0.3 is 10.1 Å². The third-order valence-corrected chi connectivity index (χ3v) is 4.86. The van der Waals surface area contributed by atoms with Gasteiger partial charge in [0.05, 0.1) is 12.0 Å². The zero-order chi connectivity index (χ0) is 19.8. The average Bonchev–Trinajstić information content (AvgIpc) is 2.79. The van der Waals surface area contributed by atoms with E-state index in [2.05, 4.69) is 0 Å². The number of ketones is 1. The maximum atomic E-state index is 14.1. The fourth-order valence-corrected chi connectivity index (χ4v) is 3.63. The molecule has 2 aromatic rings. The van der Waals surface area contributed by atoms with Crippen LogP contribution < -0.4 is 5.73 Å². The summed E-state index contributed by atoms with van der Waals surface area (Å²) in [4.78, 5) is 12.6. The number of benzene rings is 2. The smallest absolute Gasteiger partial charge is 0.313 e. The van der Waals surface area contributed by atoms with Crippen molar-refractivity contribution in [3.8, 4) is 0 Å². The van der Waals surface area contributed by atoms with Gasteiger partial charge in [-0.25, -0.2) is 4.39 Å². The Morgan fingerprint density at radius 1 is 1.23 bits per heavy atom. The normalized spacial score (nSPS) is 20.7. The quantitative estimate of drug-likeness (QED) is 0.778. The van der Waals surface area contributed by atoms with Gasteiger partial charge < -0.3 is 14.7 Å². The molecular weight excluding hydrogens is 385 g/mol. The van der Waals surface area contributed by atoms with Crippen LogP contribution in [0, 0.1) is 5.82 Å². The van der Waals surface area contributed by atoms with Crippen molar-refractivity contribution in [2.24, 2.45) is 5.73 Å². The Bertz CT molecular complexity index is 1020. The van der Waals surface area contributed by atoms with Crippen molar-refractivity contribution in [1.29, 1.82) is 0 Å². The Morgan fingerprint density at radius 2 is 1.92 bits per heavy atom. The Balaban J connectivity index is 1.90. The second kappa shape index (κ2) is 6.97. The third kappa shape index (κ3) is 3.66. The highest BCUT2D eigenvalue weighted by Gasteiger charge is 2.41. The monoisotopic (exact) mass is 398 g/mol. The van der Waals surface area contributed by atoms with E-state index in [0.717, 1.165) is 6.07 Å². The van der Waals surface area contributed by atoms with E-state index >= 15 is 0 Å². The van der Waals surface area contributed by atoms with Gasteiger partial charge in [0.2, 0.25) is 17.4 Å². The van der Waals surface area contributed by atoms with Crippen molar-refractivity contribution in [3.63, 3.8) is 0 Å². The maximum absolute atomic E-state index is 14.1. The molecule has 1 aliphatic heterocycles. The van der Waals surface area contributed by atoms with Crippen LogP contribution in [0.4, 0.5) is 4.39 Å². The first-order chi connectivity index (χ1) is 12.6. The molecule has 1 heterocycles. The van der Waals surface area contributed by atoms with Gasteiger partial charge in [0.15, 0.2) is 6.08 Å². The molecular formula is C17H13ClFNO5S. The standard InChI is InChI=1S/C17H13ClFNO5S/c18-11-7-4-8-12(19)13(11)15-14(21)16(17(20)24-15)25-26(22,23)9-10-5-2-1-3-6-10/h1-8,15H,9,20H2/t15-/m1/s1/i15D. The van der Waals surface area contributed by atoms with Gasteiger partial charge in [0, 0.05) is 0 Å². The van der Waals surface area contributed by atoms with Crippen LogP contribution in [0.15, 0.2) is 60.2 Å². The molecule has 2 aromatic carbocycles. The summed E-state index contributed by atoms with van der Waals surface area (Å²) in [6.45, 7) is 0. The van der Waals surface area contributed by atoms with Crippen molar-refractivity contribution in [1.82, 2.24) is 0 Å². The van der Waals surface area contributed by atoms with Gasteiger partial charge in [-0.3, -0.25) is 4.79 Å². The minimum atomic E-state index is -4.29. The highest BCUT2D eigenvalue weighted by Crippen LogP contribution is 2.37. The molecule has 0 saturated heterocycles. The van der Waals surface area contributed by atoms with Gasteiger partial charge in [-0.05, 0) is 17.7 Å². The summed E-state index contributed by atoms with van der Waals surface area (Å²) in [6, 6.07) is 11.6. The molecule has 136 valence electrons. The second-order valence-corrected chi connectivity index (χ2v) is 7.30. The van der Waals surface area contributed by atoms with E-state index in [0.29, 0.717) is 5.56 Å². The van der Waals surface area contributed by atoms with Gasteiger partial charge in [0.1, 0.15) is 11.6 Å². The molecule has 0 fully saturated rings. The van der Waals surface area contributed by atoms with Crippen LogP contribution in [-0.4, -0.2) is 14.2 Å². The number of rotatable bonds is 5. The number of halogens is 2. The molecule has 1 atom stereocenters. The topological polar surface area (TPSA) is 95.7 Å². The Kier molecular flexibility index (Phi) is 4.52. The van der Waals surface area contributed by atoms with Crippen LogP contribution in [0.2, 0.25) is 5.02 Å². The molecule has 26 heavy (non-hydrogen) atoms. The average molecular weight is 399 g/mol. The minimum Gasteiger partial charge on any atom is -0.460 e. The van der Waals surface area contributed by atoms with E-state index in [4.69, 9.17) is 27.6 Å². The third-order valence-electron chi connectivity index (χ3n) is 3.43. The van der Waals surface area contributed by atoms with Crippen molar-refractivity contribution in [2.75, 3.05) is 0 Å². The molecule has 3 rings (SSSR count). The van der Waals surface area contributed by atoms with E-state index in [-0.39, 0.29) is 5.02 Å². The van der Waals surface area contributed by atoms with E-state index < -0.39 is 50.8 Å². The summed E-state index contributed by atoms with van der Waals surface area (Å²) in [5, 5.41) is -0.250. The van der Waals surface area contributed by atoms with Crippen LogP contribution in [0.3, 0.4) is 0 Å². The van der Waals surface area contributed by atoms with Crippen molar-refractivity contribution in [2.45, 2.75) is 11.8 Å². The fourth-order valence-electron chi connectivity index (χ4n) is 2.31. The molecule has 6 nitrogen and oxygen atoms in total. The van der Waals surface area contributed by atoms with E-state index in [1.807, 2.05) is 0 Å². The lowest BCUT2D eigenvalue weighted by Gasteiger charge is -2.12. The van der Waals surface area contributed by atoms with Gasteiger partial charge in [-0.15, -0.1) is 0 Å². The molecule has 0 amide bonds. The number of ether oxygens (including phenoxy) is 1. The zero-order valence-electron chi connectivity index (χ0n) is 14.1. The predicted octanol–water partition coefficient (Wildman–Crippen LogP) is 2.79.